The molecule has 0 heterocycles. The molecule has 1 aliphatic carbocycles. The molecule has 0 spiro atoms. The average molecular weight is 425 g/mol. The monoisotopic (exact) mass is 424 g/mol. The predicted octanol–water partition coefficient (Wildman–Crippen LogP) is 5.23. The molecule has 0 amide bonds. The van der Waals surface area contributed by atoms with Gasteiger partial charge in [-0.3, -0.25) is 4.79 Å². The highest BCUT2D eigenvalue weighted by Crippen LogP contribution is 2.55. The zero-order valence-electron chi connectivity index (χ0n) is 18.9. The molecular weight excluding hydrogens is 388 g/mol. The molecule has 0 aromatic heterocycles. The Bertz CT molecular complexity index is 789. The van der Waals surface area contributed by atoms with E-state index in [4.69, 9.17) is 4.43 Å². The van der Waals surface area contributed by atoms with E-state index in [-0.39, 0.29) is 16.4 Å². The first kappa shape index (κ1) is 22.8. The van der Waals surface area contributed by atoms with Crippen LogP contribution in [0.2, 0.25) is 5.04 Å². The summed E-state index contributed by atoms with van der Waals surface area (Å²) >= 11 is 0. The summed E-state index contributed by atoms with van der Waals surface area (Å²) in [7, 11) is -2.44. The highest BCUT2D eigenvalue weighted by Gasteiger charge is 2.54. The van der Waals surface area contributed by atoms with Crippen LogP contribution in [0.3, 0.4) is 0 Å². The van der Waals surface area contributed by atoms with Crippen LogP contribution in [0.1, 0.15) is 59.8 Å². The lowest BCUT2D eigenvalue weighted by molar-refractivity contribution is -0.139. The van der Waals surface area contributed by atoms with E-state index in [1.807, 2.05) is 0 Å². The van der Waals surface area contributed by atoms with E-state index in [2.05, 4.69) is 88.4 Å². The topological polar surface area (TPSA) is 46.5 Å². The highest BCUT2D eigenvalue weighted by molar-refractivity contribution is 6.99. The van der Waals surface area contributed by atoms with Crippen molar-refractivity contribution in [3.8, 4) is 0 Å². The van der Waals surface area contributed by atoms with E-state index >= 15 is 0 Å². The minimum Gasteiger partial charge on any atom is -0.481 e. The molecule has 3 rings (SSSR count). The van der Waals surface area contributed by atoms with Crippen LogP contribution < -0.4 is 10.4 Å². The van der Waals surface area contributed by atoms with Gasteiger partial charge in [0.05, 0.1) is 5.92 Å². The second-order valence-electron chi connectivity index (χ2n) is 10.1. The third-order valence-electron chi connectivity index (χ3n) is 6.78. The largest absolute Gasteiger partial charge is 0.481 e. The zero-order chi connectivity index (χ0) is 21.8. The fraction of sp³-hybridized carbons (Fsp3) is 0.500. The molecule has 3 nitrogen and oxygen atoms in total. The van der Waals surface area contributed by atoms with Crippen LogP contribution >= 0.6 is 0 Å². The summed E-state index contributed by atoms with van der Waals surface area (Å²) in [4.78, 5) is 11.2. The molecule has 4 heteroatoms. The molecule has 0 bridgehead atoms. The molecular formula is C26H36O3Si. The third kappa shape index (κ3) is 4.70. The Kier molecular flexibility index (Phi) is 6.88. The van der Waals surface area contributed by atoms with E-state index in [1.54, 1.807) is 0 Å². The summed E-state index contributed by atoms with van der Waals surface area (Å²) in [6.45, 7) is 9.77. The summed E-state index contributed by atoms with van der Waals surface area (Å²) in [5.74, 6) is -0.765. The summed E-state index contributed by atoms with van der Waals surface area (Å²) in [6, 6.07) is 21.5. The molecule has 30 heavy (non-hydrogen) atoms. The molecule has 0 radical (unpaired) electrons. The maximum Gasteiger partial charge on any atom is 0.307 e. The maximum atomic E-state index is 11.2. The SMILES string of the molecule is CC1(CCCCCO[Si](c2ccccc2)(c2ccccc2)C(C)(C)C)C[C@@H]1C(=O)O. The first-order chi connectivity index (χ1) is 14.2. The van der Waals surface area contributed by atoms with Crippen LogP contribution in [0.5, 0.6) is 0 Å². The van der Waals surface area contributed by atoms with Crippen LogP contribution in [-0.4, -0.2) is 26.0 Å². The van der Waals surface area contributed by atoms with Crippen molar-refractivity contribution in [2.75, 3.05) is 6.61 Å². The smallest absolute Gasteiger partial charge is 0.307 e. The van der Waals surface area contributed by atoms with Gasteiger partial charge in [0.1, 0.15) is 0 Å². The predicted molar refractivity (Wildman–Crippen MR) is 126 cm³/mol. The Morgan fingerprint density at radius 1 is 1.00 bits per heavy atom. The molecule has 1 fully saturated rings. The zero-order valence-corrected chi connectivity index (χ0v) is 19.9. The van der Waals surface area contributed by atoms with Gasteiger partial charge in [0.2, 0.25) is 0 Å². The van der Waals surface area contributed by atoms with E-state index in [9.17, 15) is 9.90 Å². The van der Waals surface area contributed by atoms with Gasteiger partial charge >= 0.3 is 5.97 Å². The van der Waals surface area contributed by atoms with Crippen molar-refractivity contribution in [3.05, 3.63) is 60.7 Å². The van der Waals surface area contributed by atoms with Crippen LogP contribution in [0, 0.1) is 11.3 Å². The van der Waals surface area contributed by atoms with Crippen molar-refractivity contribution in [1.82, 2.24) is 0 Å². The third-order valence-corrected chi connectivity index (χ3v) is 11.8. The van der Waals surface area contributed by atoms with Crippen molar-refractivity contribution in [3.63, 3.8) is 0 Å². The molecule has 2 atom stereocenters. The van der Waals surface area contributed by atoms with Gasteiger partial charge in [-0.2, -0.15) is 0 Å². The maximum absolute atomic E-state index is 11.2. The fourth-order valence-corrected chi connectivity index (χ4v) is 9.47. The lowest BCUT2D eigenvalue weighted by atomic mass is 9.98. The van der Waals surface area contributed by atoms with E-state index < -0.39 is 14.3 Å². The molecule has 1 saturated carbocycles. The number of carboxylic acids is 1. The van der Waals surface area contributed by atoms with E-state index in [1.165, 1.54) is 10.4 Å². The molecule has 162 valence electrons. The van der Waals surface area contributed by atoms with Crippen LogP contribution in [0.25, 0.3) is 0 Å². The molecule has 2 aromatic rings. The normalized spacial score (nSPS) is 21.4. The van der Waals surface area contributed by atoms with Gasteiger partial charge in [-0.1, -0.05) is 101 Å². The Morgan fingerprint density at radius 3 is 1.97 bits per heavy atom. The fourth-order valence-electron chi connectivity index (χ4n) is 4.86. The Labute approximate surface area is 182 Å². The highest BCUT2D eigenvalue weighted by atomic mass is 28.4. The van der Waals surface area contributed by atoms with Crippen molar-refractivity contribution in [2.45, 2.75) is 64.8 Å². The molecule has 0 aliphatic heterocycles. The summed E-state index contributed by atoms with van der Waals surface area (Å²) in [6.07, 6.45) is 5.01. The number of hydrogen-bond acceptors (Lipinski definition) is 2. The molecule has 1 N–H and O–H groups in total. The first-order valence-electron chi connectivity index (χ1n) is 11.2. The number of aliphatic carboxylic acids is 1. The second-order valence-corrected chi connectivity index (χ2v) is 14.4. The minimum absolute atomic E-state index is 0.00586. The van der Waals surface area contributed by atoms with Gasteiger partial charge in [-0.15, -0.1) is 0 Å². The lowest BCUT2D eigenvalue weighted by Crippen LogP contribution is -2.66. The van der Waals surface area contributed by atoms with Crippen LogP contribution in [-0.2, 0) is 9.22 Å². The molecule has 1 unspecified atom stereocenters. The summed E-state index contributed by atoms with van der Waals surface area (Å²) < 4.78 is 6.92. The number of hydrogen-bond donors (Lipinski definition) is 1. The number of unbranched alkanes of at least 4 members (excludes halogenated alkanes) is 2. The molecule has 0 saturated heterocycles. The van der Waals surface area contributed by atoms with Crippen molar-refractivity contribution in [1.29, 1.82) is 0 Å². The van der Waals surface area contributed by atoms with Crippen molar-refractivity contribution in [2.24, 2.45) is 11.3 Å². The lowest BCUT2D eigenvalue weighted by Gasteiger charge is -2.43. The quantitative estimate of drug-likeness (QED) is 0.419. The first-order valence-corrected chi connectivity index (χ1v) is 13.1. The summed E-state index contributed by atoms with van der Waals surface area (Å²) in [5, 5.41) is 11.8. The number of carboxylic acid groups (broad SMARTS) is 1. The van der Waals surface area contributed by atoms with Crippen LogP contribution in [0.4, 0.5) is 0 Å². The number of carbonyl (C=O) groups is 1. The second kappa shape index (κ2) is 9.07. The number of benzene rings is 2. The van der Waals surface area contributed by atoms with E-state index in [0.29, 0.717) is 0 Å². The Morgan fingerprint density at radius 2 is 1.53 bits per heavy atom. The number of rotatable bonds is 10. The Hall–Kier alpha value is -1.91. The van der Waals surface area contributed by atoms with Gasteiger partial charge in [-0.25, -0.2) is 0 Å². The van der Waals surface area contributed by atoms with Crippen molar-refractivity contribution < 1.29 is 14.3 Å². The van der Waals surface area contributed by atoms with E-state index in [0.717, 1.165) is 38.7 Å². The van der Waals surface area contributed by atoms with Gasteiger partial charge in [0, 0.05) is 6.61 Å². The Balaban J connectivity index is 1.67. The minimum atomic E-state index is -2.44. The molecule has 1 aliphatic rings. The molecule has 2 aromatic carbocycles. The summed E-state index contributed by atoms with van der Waals surface area (Å²) in [5.41, 5.74) is 0.0185. The van der Waals surface area contributed by atoms with Gasteiger partial charge < -0.3 is 9.53 Å². The van der Waals surface area contributed by atoms with Gasteiger partial charge in [0.25, 0.3) is 8.32 Å². The van der Waals surface area contributed by atoms with Crippen molar-refractivity contribution >= 4 is 24.7 Å². The van der Waals surface area contributed by atoms with Crippen LogP contribution in [0.15, 0.2) is 60.7 Å². The van der Waals surface area contributed by atoms with Gasteiger partial charge in [-0.05, 0) is 40.1 Å². The standard InChI is InChI=1S/C26H36O3Si/c1-25(2,3)30(21-14-8-5-9-15-21,22-16-10-6-11-17-22)29-19-13-7-12-18-26(4)20-23(26)24(27)28/h5-6,8-11,14-17,23H,7,12-13,18-20H2,1-4H3,(H,27,28)/t23-,26?/m1/s1. The average Bonchev–Trinajstić information content (AvgIpc) is 3.40. The van der Waals surface area contributed by atoms with Gasteiger partial charge in [0.15, 0.2) is 0 Å².